The first kappa shape index (κ1) is 16.9. The Morgan fingerprint density at radius 2 is 1.58 bits per heavy atom. The molecule has 0 radical (unpaired) electrons. The van der Waals surface area contributed by atoms with Crippen molar-refractivity contribution in [1.29, 1.82) is 0 Å². The van der Waals surface area contributed by atoms with Crippen LogP contribution in [-0.2, 0) is 9.47 Å². The standard InChI is InChI=1S/C14H30N2O3/c1-3-18-11-9-16(10-12-19-4-2)13-14(17)5-7-15-8-6-14/h15,17H,3-13H2,1-2H3. The smallest absolute Gasteiger partial charge is 0.0798 e. The van der Waals surface area contributed by atoms with Crippen LogP contribution >= 0.6 is 0 Å². The number of nitrogens with zero attached hydrogens (tertiary/aromatic N) is 1. The maximum Gasteiger partial charge on any atom is 0.0798 e. The van der Waals surface area contributed by atoms with Gasteiger partial charge in [-0.15, -0.1) is 0 Å². The molecular formula is C14H30N2O3. The summed E-state index contributed by atoms with van der Waals surface area (Å²) in [7, 11) is 0. The van der Waals surface area contributed by atoms with Gasteiger partial charge in [-0.3, -0.25) is 4.90 Å². The highest BCUT2D eigenvalue weighted by atomic mass is 16.5. The van der Waals surface area contributed by atoms with Crippen molar-refractivity contribution in [3.05, 3.63) is 0 Å². The van der Waals surface area contributed by atoms with Gasteiger partial charge in [0.1, 0.15) is 0 Å². The fraction of sp³-hybridized carbons (Fsp3) is 1.00. The van der Waals surface area contributed by atoms with Crippen molar-refractivity contribution in [3.8, 4) is 0 Å². The molecule has 1 heterocycles. The summed E-state index contributed by atoms with van der Waals surface area (Å²) >= 11 is 0. The van der Waals surface area contributed by atoms with E-state index < -0.39 is 5.60 Å². The Hall–Kier alpha value is -0.200. The molecule has 1 aliphatic rings. The molecule has 1 saturated heterocycles. The predicted molar refractivity (Wildman–Crippen MR) is 76.5 cm³/mol. The third-order valence-corrected chi connectivity index (χ3v) is 3.56. The van der Waals surface area contributed by atoms with Crippen molar-refractivity contribution in [2.75, 3.05) is 59.2 Å². The van der Waals surface area contributed by atoms with E-state index in [9.17, 15) is 5.11 Å². The molecule has 0 saturated carbocycles. The second-order valence-electron chi connectivity index (χ2n) is 5.14. The fourth-order valence-electron chi connectivity index (χ4n) is 2.41. The number of aliphatic hydroxyl groups is 1. The molecule has 1 aliphatic heterocycles. The predicted octanol–water partition coefficient (Wildman–Crippen LogP) is 0.476. The lowest BCUT2D eigenvalue weighted by atomic mass is 9.92. The van der Waals surface area contributed by atoms with Gasteiger partial charge in [0.05, 0.1) is 18.8 Å². The van der Waals surface area contributed by atoms with Crippen LogP contribution in [0, 0.1) is 0 Å². The maximum absolute atomic E-state index is 10.6. The summed E-state index contributed by atoms with van der Waals surface area (Å²) in [5.41, 5.74) is -0.552. The zero-order valence-corrected chi connectivity index (χ0v) is 12.5. The zero-order valence-electron chi connectivity index (χ0n) is 12.5. The highest BCUT2D eigenvalue weighted by Crippen LogP contribution is 2.19. The van der Waals surface area contributed by atoms with Gasteiger partial charge in [-0.25, -0.2) is 0 Å². The molecule has 0 unspecified atom stereocenters. The van der Waals surface area contributed by atoms with Crippen molar-refractivity contribution >= 4 is 0 Å². The van der Waals surface area contributed by atoms with Gasteiger partial charge in [-0.2, -0.15) is 0 Å². The van der Waals surface area contributed by atoms with Gasteiger partial charge in [0.15, 0.2) is 0 Å². The average molecular weight is 274 g/mol. The number of ether oxygens (including phenoxy) is 2. The van der Waals surface area contributed by atoms with Gasteiger partial charge >= 0.3 is 0 Å². The molecule has 1 fully saturated rings. The van der Waals surface area contributed by atoms with Crippen LogP contribution in [0.5, 0.6) is 0 Å². The molecule has 0 amide bonds. The van der Waals surface area contributed by atoms with E-state index in [1.807, 2.05) is 13.8 Å². The van der Waals surface area contributed by atoms with Gasteiger partial charge in [0, 0.05) is 32.8 Å². The van der Waals surface area contributed by atoms with E-state index in [1.165, 1.54) is 0 Å². The lowest BCUT2D eigenvalue weighted by Crippen LogP contribution is -2.51. The van der Waals surface area contributed by atoms with E-state index >= 15 is 0 Å². The number of hydrogen-bond donors (Lipinski definition) is 2. The van der Waals surface area contributed by atoms with E-state index in [4.69, 9.17) is 9.47 Å². The van der Waals surface area contributed by atoms with Gasteiger partial charge in [0.25, 0.3) is 0 Å². The van der Waals surface area contributed by atoms with Crippen LogP contribution < -0.4 is 5.32 Å². The minimum absolute atomic E-state index is 0.552. The summed E-state index contributed by atoms with van der Waals surface area (Å²) in [4.78, 5) is 2.26. The first-order valence-electron chi connectivity index (χ1n) is 7.51. The van der Waals surface area contributed by atoms with Gasteiger partial charge in [0.2, 0.25) is 0 Å². The van der Waals surface area contributed by atoms with Crippen LogP contribution in [0.2, 0.25) is 0 Å². The second kappa shape index (κ2) is 9.66. The normalized spacial score (nSPS) is 18.9. The van der Waals surface area contributed by atoms with E-state index in [0.717, 1.165) is 72.0 Å². The minimum atomic E-state index is -0.552. The topological polar surface area (TPSA) is 54.0 Å². The summed E-state index contributed by atoms with van der Waals surface area (Å²) < 4.78 is 10.8. The fourth-order valence-corrected chi connectivity index (χ4v) is 2.41. The summed E-state index contributed by atoms with van der Waals surface area (Å²) in [6, 6.07) is 0. The van der Waals surface area contributed by atoms with Crippen molar-refractivity contribution in [2.24, 2.45) is 0 Å². The lowest BCUT2D eigenvalue weighted by Gasteiger charge is -2.37. The number of hydrogen-bond acceptors (Lipinski definition) is 5. The Morgan fingerprint density at radius 1 is 1.05 bits per heavy atom. The van der Waals surface area contributed by atoms with Crippen molar-refractivity contribution in [1.82, 2.24) is 10.2 Å². The van der Waals surface area contributed by atoms with Gasteiger partial charge in [-0.05, 0) is 39.8 Å². The highest BCUT2D eigenvalue weighted by Gasteiger charge is 2.31. The quantitative estimate of drug-likeness (QED) is 0.567. The summed E-state index contributed by atoms with van der Waals surface area (Å²) in [5.74, 6) is 0. The Balaban J connectivity index is 2.36. The average Bonchev–Trinajstić information content (AvgIpc) is 2.39. The van der Waals surface area contributed by atoms with Crippen molar-refractivity contribution in [3.63, 3.8) is 0 Å². The molecule has 0 aliphatic carbocycles. The van der Waals surface area contributed by atoms with Crippen LogP contribution in [0.25, 0.3) is 0 Å². The van der Waals surface area contributed by atoms with E-state index in [0.29, 0.717) is 0 Å². The molecule has 1 rings (SSSR count). The Bertz CT molecular complexity index is 211. The summed E-state index contributed by atoms with van der Waals surface area (Å²) in [6.07, 6.45) is 1.65. The Labute approximate surface area is 117 Å². The third-order valence-electron chi connectivity index (χ3n) is 3.56. The molecule has 0 aromatic carbocycles. The molecule has 2 N–H and O–H groups in total. The lowest BCUT2D eigenvalue weighted by molar-refractivity contribution is -0.0315. The molecule has 114 valence electrons. The van der Waals surface area contributed by atoms with Gasteiger partial charge < -0.3 is 19.9 Å². The third kappa shape index (κ3) is 7.22. The van der Waals surface area contributed by atoms with E-state index in [1.54, 1.807) is 0 Å². The van der Waals surface area contributed by atoms with Crippen LogP contribution in [0.15, 0.2) is 0 Å². The van der Waals surface area contributed by atoms with Crippen LogP contribution in [0.1, 0.15) is 26.7 Å². The maximum atomic E-state index is 10.6. The van der Waals surface area contributed by atoms with E-state index in [2.05, 4.69) is 10.2 Å². The second-order valence-corrected chi connectivity index (χ2v) is 5.14. The molecule has 0 bridgehead atoms. The molecule has 0 aromatic rings. The molecule has 19 heavy (non-hydrogen) atoms. The first-order chi connectivity index (χ1) is 9.20. The monoisotopic (exact) mass is 274 g/mol. The van der Waals surface area contributed by atoms with Crippen LogP contribution in [0.3, 0.4) is 0 Å². The molecular weight excluding hydrogens is 244 g/mol. The minimum Gasteiger partial charge on any atom is -0.388 e. The first-order valence-corrected chi connectivity index (χ1v) is 7.51. The largest absolute Gasteiger partial charge is 0.388 e. The summed E-state index contributed by atoms with van der Waals surface area (Å²) in [6.45, 7) is 11.2. The molecule has 0 aromatic heterocycles. The molecule has 5 heteroatoms. The molecule has 0 atom stereocenters. The number of nitrogens with one attached hydrogen (secondary N) is 1. The van der Waals surface area contributed by atoms with Crippen molar-refractivity contribution in [2.45, 2.75) is 32.3 Å². The molecule has 0 spiro atoms. The zero-order chi connectivity index (χ0) is 14.0. The molecule has 5 nitrogen and oxygen atoms in total. The summed E-state index contributed by atoms with van der Waals surface area (Å²) in [5, 5.41) is 13.9. The Morgan fingerprint density at radius 3 is 2.05 bits per heavy atom. The van der Waals surface area contributed by atoms with Crippen LogP contribution in [0.4, 0.5) is 0 Å². The SMILES string of the molecule is CCOCCN(CCOCC)CC1(O)CCNCC1. The highest BCUT2D eigenvalue weighted by molar-refractivity contribution is 4.87. The number of rotatable bonds is 10. The number of piperidine rings is 1. The Kier molecular flexibility index (Phi) is 8.57. The van der Waals surface area contributed by atoms with Gasteiger partial charge in [-0.1, -0.05) is 0 Å². The van der Waals surface area contributed by atoms with Crippen molar-refractivity contribution < 1.29 is 14.6 Å². The van der Waals surface area contributed by atoms with Crippen LogP contribution in [-0.4, -0.2) is 74.8 Å². The van der Waals surface area contributed by atoms with E-state index in [-0.39, 0.29) is 0 Å².